The van der Waals surface area contributed by atoms with Gasteiger partial charge in [-0.15, -0.1) is 0 Å². The molecule has 1 unspecified atom stereocenters. The highest BCUT2D eigenvalue weighted by molar-refractivity contribution is 7.53. The molecule has 0 aliphatic rings. The van der Waals surface area contributed by atoms with Gasteiger partial charge in [0.1, 0.15) is 55.2 Å². The van der Waals surface area contributed by atoms with Crippen LogP contribution in [0.25, 0.3) is 0 Å². The van der Waals surface area contributed by atoms with Crippen LogP contribution in [0.1, 0.15) is 43.0 Å². The summed E-state index contributed by atoms with van der Waals surface area (Å²) < 4.78 is 279. The molecule has 3 N–H and O–H groups in total. The van der Waals surface area contributed by atoms with Crippen LogP contribution in [0, 0.1) is 88.4 Å². The Hall–Kier alpha value is -10.2. The lowest BCUT2D eigenvalue weighted by molar-refractivity contribution is -0.147. The number of halogens is 14. The maximum atomic E-state index is 14.4. The van der Waals surface area contributed by atoms with E-state index in [9.17, 15) is 89.5 Å². The second-order valence-electron chi connectivity index (χ2n) is 20.8. The van der Waals surface area contributed by atoms with Crippen molar-refractivity contribution in [2.45, 2.75) is 65.6 Å². The van der Waals surface area contributed by atoms with E-state index in [4.69, 9.17) is 32.3 Å². The molecule has 0 spiro atoms. The Morgan fingerprint density at radius 1 is 0.294 bits per heavy atom. The number of hydrogen-bond donors (Lipinski definition) is 3. The number of carbonyl (C=O) groups excluding carboxylic acids is 3. The summed E-state index contributed by atoms with van der Waals surface area (Å²) in [6.07, 6.45) is 0. The number of benzene rings is 9. The van der Waals surface area contributed by atoms with E-state index in [0.29, 0.717) is 16.7 Å². The third kappa shape index (κ3) is 21.4. The maximum absolute atomic E-state index is 14.4. The van der Waals surface area contributed by atoms with Crippen LogP contribution in [-0.4, -0.2) is 36.0 Å². The number of ether oxygens (including phenoxy) is 3. The van der Waals surface area contributed by atoms with Gasteiger partial charge in [-0.2, -0.15) is 41.6 Å². The molecular weight excluding hydrogens is 1450 g/mol. The van der Waals surface area contributed by atoms with Crippen LogP contribution in [0.5, 0.6) is 34.5 Å². The zero-order valence-electron chi connectivity index (χ0n) is 52.9. The topological polar surface area (TPSA) is 222 Å². The Morgan fingerprint density at radius 3 is 0.696 bits per heavy atom. The van der Waals surface area contributed by atoms with E-state index in [1.165, 1.54) is 93.6 Å². The molecule has 540 valence electrons. The number of hydrogen-bond acceptors (Lipinski definition) is 15. The molecule has 0 aliphatic heterocycles. The minimum atomic E-state index is -4.96. The predicted octanol–water partition coefficient (Wildman–Crippen LogP) is 17.2. The molecule has 9 rings (SSSR count). The van der Waals surface area contributed by atoms with E-state index in [1.807, 2.05) is 0 Å². The van der Waals surface area contributed by atoms with E-state index in [-0.39, 0.29) is 37.1 Å². The first kappa shape index (κ1) is 79.1. The Kier molecular flexibility index (Phi) is 27.8. The van der Waals surface area contributed by atoms with Gasteiger partial charge >= 0.3 is 41.1 Å². The molecule has 0 radical (unpaired) electrons. The number of esters is 3. The zero-order chi connectivity index (χ0) is 74.6. The number of para-hydroxylation sites is 3. The van der Waals surface area contributed by atoms with Crippen molar-refractivity contribution in [3.05, 3.63) is 286 Å². The Bertz CT molecular complexity index is 4000. The molecular formula is C67H54F14N3O15P3. The average Bonchev–Trinajstić information content (AvgIpc) is 0.794. The maximum Gasteiger partial charge on any atom is 0.513 e. The van der Waals surface area contributed by atoms with E-state index in [2.05, 4.69) is 24.3 Å². The molecule has 9 aromatic rings. The van der Waals surface area contributed by atoms with E-state index < -0.39 is 164 Å². The van der Waals surface area contributed by atoms with Crippen molar-refractivity contribution < 1.29 is 131 Å². The highest BCUT2D eigenvalue weighted by Crippen LogP contribution is 2.51. The highest BCUT2D eigenvalue weighted by atomic mass is 31.2. The summed E-state index contributed by atoms with van der Waals surface area (Å²) >= 11 is 0. The van der Waals surface area contributed by atoms with Crippen molar-refractivity contribution in [3.8, 4) is 34.5 Å². The van der Waals surface area contributed by atoms with Gasteiger partial charge in [-0.05, 0) is 80.8 Å². The molecule has 6 atom stereocenters. The number of rotatable bonds is 27. The molecule has 0 bridgehead atoms. The predicted molar refractivity (Wildman–Crippen MR) is 336 cm³/mol. The quantitative estimate of drug-likeness (QED) is 0.0109. The van der Waals surface area contributed by atoms with Crippen molar-refractivity contribution in [1.82, 2.24) is 15.3 Å². The monoisotopic (exact) mass is 1500 g/mol. The van der Waals surface area contributed by atoms with Crippen LogP contribution in [0.4, 0.5) is 61.5 Å². The van der Waals surface area contributed by atoms with Gasteiger partial charge in [-0.3, -0.25) is 14.4 Å². The van der Waals surface area contributed by atoms with Crippen LogP contribution in [0.15, 0.2) is 182 Å². The van der Waals surface area contributed by atoms with Crippen LogP contribution in [0.2, 0.25) is 0 Å². The molecule has 0 aromatic heterocycles. The van der Waals surface area contributed by atoms with E-state index >= 15 is 0 Å². The first-order chi connectivity index (χ1) is 48.3. The fraction of sp³-hybridized carbons (Fsp3) is 0.149. The Morgan fingerprint density at radius 2 is 0.480 bits per heavy atom. The molecule has 9 aromatic carbocycles. The van der Waals surface area contributed by atoms with Gasteiger partial charge in [0.15, 0.2) is 11.6 Å². The van der Waals surface area contributed by atoms with Crippen LogP contribution in [-0.2, 0) is 62.1 Å². The molecule has 0 aliphatic carbocycles. The molecule has 0 heterocycles. The van der Waals surface area contributed by atoms with Gasteiger partial charge in [0, 0.05) is 5.56 Å². The second kappa shape index (κ2) is 35.9. The standard InChI is InChI=1S/C23H20F4NO5P.2C22H17F5NO5P/c1-14-18(24)20(26)22(21(27)19(14)25)33-34(30,32-17-11-7-4-8-12-17)28-15(2)23(29)31-13-16-9-5-3-6-10-16;2*1-13(22(29)31-12-14-8-4-2-5-9-14)28-34(30,32-15-10-6-3-7-11-15)33-21-19(26)17(24)16(23)18(25)20(21)27/h3-12,15H,13H2,1-2H3,(H,28,30);2*2-11,13H,12H2,1H3,(H,28,30)/t15-,34-;13-,34?;13-,34+/m000/s1. The summed E-state index contributed by atoms with van der Waals surface area (Å²) in [7, 11) is -14.8. The minimum Gasteiger partial charge on any atom is -0.460 e. The van der Waals surface area contributed by atoms with Crippen molar-refractivity contribution in [3.63, 3.8) is 0 Å². The van der Waals surface area contributed by atoms with Gasteiger partial charge in [-0.25, -0.2) is 48.8 Å². The Balaban J connectivity index is 0.000000214. The van der Waals surface area contributed by atoms with Gasteiger partial charge in [0.2, 0.25) is 87.1 Å². The smallest absolute Gasteiger partial charge is 0.460 e. The zero-order valence-corrected chi connectivity index (χ0v) is 55.6. The molecule has 0 saturated carbocycles. The normalized spacial score (nSPS) is 13.6. The minimum absolute atomic E-state index is 0.0722. The molecule has 35 heteroatoms. The SMILES string of the molecule is C[C@H](NP(=O)(Oc1ccccc1)Oc1c(F)c(F)c(F)c(F)c1F)C(=O)OCc1ccccc1.C[C@H](N[P@@](=O)(Oc1ccccc1)Oc1c(F)c(F)c(F)c(F)c1F)C(=O)OCc1ccccc1.Cc1c(F)c(F)c(O[P@](=O)(N[C@@H](C)C(=O)OCc2ccccc2)Oc2ccccc2)c(F)c1F. The third-order valence-electron chi connectivity index (χ3n) is 13.1. The highest BCUT2D eigenvalue weighted by Gasteiger charge is 2.42. The van der Waals surface area contributed by atoms with Crippen LogP contribution < -0.4 is 42.4 Å². The lowest BCUT2D eigenvalue weighted by atomic mass is 10.2. The van der Waals surface area contributed by atoms with E-state index in [0.717, 1.165) is 6.92 Å². The van der Waals surface area contributed by atoms with Crippen molar-refractivity contribution in [2.24, 2.45) is 0 Å². The van der Waals surface area contributed by atoms with Gasteiger partial charge in [0.25, 0.3) is 0 Å². The lowest BCUT2D eigenvalue weighted by Crippen LogP contribution is -2.36. The second-order valence-corrected chi connectivity index (χ2v) is 25.7. The fourth-order valence-electron chi connectivity index (χ4n) is 8.00. The van der Waals surface area contributed by atoms with E-state index in [1.54, 1.807) is 109 Å². The van der Waals surface area contributed by atoms with Crippen molar-refractivity contribution in [1.29, 1.82) is 0 Å². The average molecular weight is 1500 g/mol. The summed E-state index contributed by atoms with van der Waals surface area (Å²) in [5.74, 6) is -39.3. The van der Waals surface area contributed by atoms with Crippen molar-refractivity contribution >= 4 is 41.1 Å². The summed E-state index contributed by atoms with van der Waals surface area (Å²) in [4.78, 5) is 37.1. The lowest BCUT2D eigenvalue weighted by Gasteiger charge is -2.23. The summed E-state index contributed by atoms with van der Waals surface area (Å²) in [6, 6.07) is 42.9. The first-order valence-corrected chi connectivity index (χ1v) is 33.9. The summed E-state index contributed by atoms with van der Waals surface area (Å²) in [6.45, 7) is 4.02. The van der Waals surface area contributed by atoms with Gasteiger partial charge in [-0.1, -0.05) is 146 Å². The number of nitrogens with one attached hydrogen (secondary N) is 3. The molecule has 0 amide bonds. The summed E-state index contributed by atoms with van der Waals surface area (Å²) in [5, 5.41) is 6.39. The molecule has 0 fully saturated rings. The number of carbonyl (C=O) groups is 3. The van der Waals surface area contributed by atoms with Crippen LogP contribution >= 0.6 is 23.2 Å². The Labute approximate surface area is 571 Å². The molecule has 0 saturated heterocycles. The fourth-order valence-corrected chi connectivity index (χ4v) is 12.6. The van der Waals surface area contributed by atoms with Crippen molar-refractivity contribution in [2.75, 3.05) is 0 Å². The largest absolute Gasteiger partial charge is 0.513 e. The summed E-state index contributed by atoms with van der Waals surface area (Å²) in [5.41, 5.74) is 1.04. The molecule has 102 heavy (non-hydrogen) atoms. The van der Waals surface area contributed by atoms with Crippen LogP contribution in [0.3, 0.4) is 0 Å². The molecule has 18 nitrogen and oxygen atoms in total. The first-order valence-electron chi connectivity index (χ1n) is 29.3. The third-order valence-corrected chi connectivity index (χ3v) is 17.8. The van der Waals surface area contributed by atoms with Gasteiger partial charge in [0.05, 0.1) is 0 Å². The van der Waals surface area contributed by atoms with Gasteiger partial charge < -0.3 is 41.4 Å².